The van der Waals surface area contributed by atoms with Gasteiger partial charge in [-0.05, 0) is 49.1 Å². The maximum absolute atomic E-state index is 14.4. The molecular weight excluding hydrogens is 590 g/mol. The van der Waals surface area contributed by atoms with Crippen LogP contribution in [0.2, 0.25) is 0 Å². The van der Waals surface area contributed by atoms with Gasteiger partial charge in [0.15, 0.2) is 0 Å². The Morgan fingerprint density at radius 1 is 1.15 bits per heavy atom. The summed E-state index contributed by atoms with van der Waals surface area (Å²) in [4.78, 5) is 57.8. The fourth-order valence-corrected chi connectivity index (χ4v) is 7.05. The summed E-state index contributed by atoms with van der Waals surface area (Å²) >= 11 is 0. The molecule has 11 nitrogen and oxygen atoms in total. The minimum Gasteiger partial charge on any atom is -0.497 e. The number of carbonyl (C=O) groups excluding carboxylic acids is 4. The molecule has 2 bridgehead atoms. The van der Waals surface area contributed by atoms with Crippen LogP contribution in [0.4, 0.5) is 5.69 Å². The van der Waals surface area contributed by atoms with Gasteiger partial charge >= 0.3 is 5.97 Å². The molecule has 0 radical (unpaired) electrons. The van der Waals surface area contributed by atoms with Crippen LogP contribution in [0.3, 0.4) is 0 Å². The monoisotopic (exact) mass is 631 g/mol. The normalized spacial score (nSPS) is 25.0. The van der Waals surface area contributed by atoms with E-state index in [9.17, 15) is 24.3 Å². The van der Waals surface area contributed by atoms with E-state index in [4.69, 9.17) is 14.2 Å². The van der Waals surface area contributed by atoms with Gasteiger partial charge in [0.2, 0.25) is 11.8 Å². The number of fused-ring (bicyclic) bond motifs is 1. The topological polar surface area (TPSA) is 135 Å². The number of likely N-dealkylation sites (tertiary alicyclic amines) is 1. The number of benzene rings is 2. The van der Waals surface area contributed by atoms with Crippen LogP contribution in [-0.2, 0) is 28.7 Å². The number of carbonyl (C=O) groups is 4. The first-order valence-electron chi connectivity index (χ1n) is 15.6. The van der Waals surface area contributed by atoms with E-state index in [0.717, 1.165) is 0 Å². The number of rotatable bonds is 15. The second-order valence-electron chi connectivity index (χ2n) is 11.7. The molecular formula is C35H41N3O8. The molecule has 3 fully saturated rings. The molecule has 3 amide bonds. The zero-order chi connectivity index (χ0) is 32.8. The van der Waals surface area contributed by atoms with Crippen molar-refractivity contribution in [1.29, 1.82) is 0 Å². The molecule has 2 N–H and O–H groups in total. The van der Waals surface area contributed by atoms with E-state index < -0.39 is 53.5 Å². The van der Waals surface area contributed by atoms with E-state index in [1.807, 2.05) is 18.2 Å². The smallest absolute Gasteiger partial charge is 0.313 e. The Bertz CT molecular complexity index is 1450. The molecule has 2 aromatic rings. The molecule has 46 heavy (non-hydrogen) atoms. The van der Waals surface area contributed by atoms with E-state index in [0.29, 0.717) is 36.3 Å². The highest BCUT2D eigenvalue weighted by Gasteiger charge is 2.75. The lowest BCUT2D eigenvalue weighted by Crippen LogP contribution is -2.56. The Kier molecular flexibility index (Phi) is 10.2. The summed E-state index contributed by atoms with van der Waals surface area (Å²) in [6.07, 6.45) is 3.44. The Labute approximate surface area is 268 Å². The number of anilines is 1. The van der Waals surface area contributed by atoms with Crippen molar-refractivity contribution in [2.24, 2.45) is 11.8 Å². The molecule has 3 aliphatic heterocycles. The SMILES string of the molecule is C=CCCC(=O)NC[C@@H](OC(=O)[C@@H]1[C@H]2C(=O)N(CCO)[C@H](C(=O)N(CC=C)c3ccc(OC)cc3)[C@]23CC[C@H]1O3)c1ccccc1. The largest absolute Gasteiger partial charge is 0.497 e. The van der Waals surface area contributed by atoms with Gasteiger partial charge in [-0.25, -0.2) is 0 Å². The first-order chi connectivity index (χ1) is 22.3. The number of allylic oxidation sites excluding steroid dienone is 1. The summed E-state index contributed by atoms with van der Waals surface area (Å²) < 4.78 is 17.8. The van der Waals surface area contributed by atoms with Gasteiger partial charge in [0.05, 0.1) is 38.2 Å². The van der Waals surface area contributed by atoms with Crippen molar-refractivity contribution in [2.45, 2.75) is 49.5 Å². The first kappa shape index (κ1) is 32.9. The number of esters is 1. The molecule has 5 rings (SSSR count). The zero-order valence-electron chi connectivity index (χ0n) is 26.0. The van der Waals surface area contributed by atoms with E-state index in [2.05, 4.69) is 18.5 Å². The van der Waals surface area contributed by atoms with Crippen molar-refractivity contribution in [1.82, 2.24) is 10.2 Å². The van der Waals surface area contributed by atoms with Crippen molar-refractivity contribution < 1.29 is 38.5 Å². The average Bonchev–Trinajstić information content (AvgIpc) is 3.72. The molecule has 244 valence electrons. The Balaban J connectivity index is 1.43. The molecule has 3 heterocycles. The number of aliphatic hydroxyl groups excluding tert-OH is 1. The number of hydrogen-bond acceptors (Lipinski definition) is 8. The molecule has 2 aromatic carbocycles. The van der Waals surface area contributed by atoms with Gasteiger partial charge in [0.1, 0.15) is 23.5 Å². The predicted octanol–water partition coefficient (Wildman–Crippen LogP) is 2.95. The van der Waals surface area contributed by atoms with Gasteiger partial charge in [-0.3, -0.25) is 19.2 Å². The summed E-state index contributed by atoms with van der Waals surface area (Å²) in [6.45, 7) is 7.20. The van der Waals surface area contributed by atoms with E-state index in [-0.39, 0.29) is 38.6 Å². The maximum atomic E-state index is 14.4. The summed E-state index contributed by atoms with van der Waals surface area (Å²) in [7, 11) is 1.55. The van der Waals surface area contributed by atoms with Crippen LogP contribution < -0.4 is 15.0 Å². The van der Waals surface area contributed by atoms with Crippen LogP contribution in [0.15, 0.2) is 79.9 Å². The van der Waals surface area contributed by atoms with Crippen molar-refractivity contribution >= 4 is 29.4 Å². The third-order valence-corrected chi connectivity index (χ3v) is 9.10. The van der Waals surface area contributed by atoms with E-state index in [1.54, 1.807) is 55.7 Å². The molecule has 1 spiro atoms. The van der Waals surface area contributed by atoms with Crippen molar-refractivity contribution in [2.75, 3.05) is 38.3 Å². The number of nitrogens with zero attached hydrogens (tertiary/aromatic N) is 2. The van der Waals surface area contributed by atoms with Gasteiger partial charge in [-0.1, -0.05) is 42.5 Å². The van der Waals surface area contributed by atoms with Gasteiger partial charge < -0.3 is 34.4 Å². The zero-order valence-corrected chi connectivity index (χ0v) is 26.0. The van der Waals surface area contributed by atoms with E-state index in [1.165, 1.54) is 9.80 Å². The van der Waals surface area contributed by atoms with Crippen molar-refractivity contribution in [3.63, 3.8) is 0 Å². The lowest BCUT2D eigenvalue weighted by molar-refractivity contribution is -0.160. The van der Waals surface area contributed by atoms with Crippen LogP contribution in [0.1, 0.15) is 37.4 Å². The van der Waals surface area contributed by atoms with Crippen LogP contribution in [0, 0.1) is 11.8 Å². The highest BCUT2D eigenvalue weighted by molar-refractivity contribution is 6.04. The lowest BCUT2D eigenvalue weighted by atomic mass is 9.70. The quantitative estimate of drug-likeness (QED) is 0.226. The summed E-state index contributed by atoms with van der Waals surface area (Å²) in [5.74, 6) is -2.97. The first-order valence-corrected chi connectivity index (χ1v) is 15.6. The third kappa shape index (κ3) is 6.17. The summed E-state index contributed by atoms with van der Waals surface area (Å²) in [5, 5.41) is 12.8. The Morgan fingerprint density at radius 3 is 2.54 bits per heavy atom. The highest BCUT2D eigenvalue weighted by Crippen LogP contribution is 2.59. The average molecular weight is 632 g/mol. The Morgan fingerprint density at radius 2 is 1.89 bits per heavy atom. The highest BCUT2D eigenvalue weighted by atomic mass is 16.6. The number of methoxy groups -OCH3 is 1. The van der Waals surface area contributed by atoms with Gasteiger partial charge in [-0.15, -0.1) is 13.2 Å². The molecule has 3 saturated heterocycles. The molecule has 6 atom stereocenters. The molecule has 0 aromatic heterocycles. The van der Waals surface area contributed by atoms with Crippen LogP contribution >= 0.6 is 0 Å². The molecule has 0 unspecified atom stereocenters. The lowest BCUT2D eigenvalue weighted by Gasteiger charge is -2.36. The van der Waals surface area contributed by atoms with Crippen LogP contribution in [0.25, 0.3) is 0 Å². The second kappa shape index (κ2) is 14.3. The number of hydrogen-bond donors (Lipinski definition) is 2. The number of aliphatic hydroxyl groups is 1. The molecule has 3 aliphatic rings. The number of β-amino-alcohol motifs (C(OH)–C–C–N with tert-alkyl or cyclic N) is 1. The van der Waals surface area contributed by atoms with Gasteiger partial charge in [0, 0.05) is 25.2 Å². The summed E-state index contributed by atoms with van der Waals surface area (Å²) in [6, 6.07) is 15.0. The fraction of sp³-hybridized carbons (Fsp3) is 0.429. The summed E-state index contributed by atoms with van der Waals surface area (Å²) in [5.41, 5.74) is -0.0118. The maximum Gasteiger partial charge on any atom is 0.313 e. The van der Waals surface area contributed by atoms with Gasteiger partial charge in [0.25, 0.3) is 5.91 Å². The number of nitrogens with one attached hydrogen (secondary N) is 1. The molecule has 0 aliphatic carbocycles. The molecule has 0 saturated carbocycles. The number of amides is 3. The standard InChI is InChI=1S/C35H41N3O8/c1-4-6-12-28(40)36-22-27(23-10-8-7-9-11-23)45-34(43)29-26-17-18-35(46-26)30(29)32(41)38(20-21-39)31(35)33(42)37(19-5-2)24-13-15-25(44-3)16-14-24/h4-5,7-11,13-16,26-27,29-31,39H,1-2,6,12,17-22H2,3H3,(H,36,40)/t26-,27-,29+,30+,31-,35+/m1/s1. The minimum atomic E-state index is -1.27. The van der Waals surface area contributed by atoms with Crippen LogP contribution in [-0.4, -0.2) is 84.8 Å². The van der Waals surface area contributed by atoms with Crippen molar-refractivity contribution in [3.8, 4) is 5.75 Å². The minimum absolute atomic E-state index is 0.0455. The molecule has 11 heteroatoms. The predicted molar refractivity (Wildman–Crippen MR) is 170 cm³/mol. The van der Waals surface area contributed by atoms with Gasteiger partial charge in [-0.2, -0.15) is 0 Å². The van der Waals surface area contributed by atoms with Crippen molar-refractivity contribution in [3.05, 3.63) is 85.5 Å². The Hall–Kier alpha value is -4.48. The van der Waals surface area contributed by atoms with E-state index >= 15 is 0 Å². The second-order valence-corrected chi connectivity index (χ2v) is 11.7. The van der Waals surface area contributed by atoms with Crippen LogP contribution in [0.5, 0.6) is 5.75 Å². The number of ether oxygens (including phenoxy) is 3. The fourth-order valence-electron chi connectivity index (χ4n) is 7.05. The third-order valence-electron chi connectivity index (χ3n) is 9.10.